The van der Waals surface area contributed by atoms with Crippen molar-refractivity contribution in [2.75, 3.05) is 13.1 Å². The Morgan fingerprint density at radius 1 is 1.25 bits per heavy atom. The molecule has 1 aromatic heterocycles. The highest BCUT2D eigenvalue weighted by Gasteiger charge is 2.14. The largest absolute Gasteiger partial charge is 0.350 e. The summed E-state index contributed by atoms with van der Waals surface area (Å²) in [6.45, 7) is 2.32. The molecule has 0 radical (unpaired) electrons. The van der Waals surface area contributed by atoms with Crippen LogP contribution in [0.25, 0.3) is 10.9 Å². The average molecular weight is 232 g/mol. The number of nitrogens with one attached hydrogen (secondary N) is 2. The van der Waals surface area contributed by atoms with E-state index in [0.717, 1.165) is 11.8 Å². The Morgan fingerprint density at radius 2 is 2.19 bits per heavy atom. The van der Waals surface area contributed by atoms with Crippen LogP contribution in [0.1, 0.15) is 12.8 Å². The molecule has 1 unspecified atom stereocenters. The Balaban J connectivity index is 1.78. The van der Waals surface area contributed by atoms with Gasteiger partial charge in [-0.3, -0.25) is 0 Å². The van der Waals surface area contributed by atoms with Crippen molar-refractivity contribution in [2.45, 2.75) is 23.1 Å². The summed E-state index contributed by atoms with van der Waals surface area (Å²) in [4.78, 5) is 3.48. The Hall–Kier alpha value is -0.930. The number of aromatic amines is 1. The predicted octanol–water partition coefficient (Wildman–Crippen LogP) is 3.01. The third kappa shape index (κ3) is 2.11. The summed E-state index contributed by atoms with van der Waals surface area (Å²) >= 11 is 1.97. The van der Waals surface area contributed by atoms with Gasteiger partial charge in [0.1, 0.15) is 0 Å². The first-order valence-electron chi connectivity index (χ1n) is 5.87. The molecule has 3 rings (SSSR count). The molecular formula is C13H16N2S. The standard InChI is InChI=1S/C13H16N2S/c1-2-6-12-10(4-1)8-13(15-12)16-11-5-3-7-14-9-11/h1-2,4,6,8,11,14-15H,3,5,7,9H2. The van der Waals surface area contributed by atoms with Gasteiger partial charge in [-0.05, 0) is 31.5 Å². The molecule has 2 nitrogen and oxygen atoms in total. The van der Waals surface area contributed by atoms with Crippen molar-refractivity contribution in [3.63, 3.8) is 0 Å². The van der Waals surface area contributed by atoms with Crippen molar-refractivity contribution in [1.29, 1.82) is 0 Å². The summed E-state index contributed by atoms with van der Waals surface area (Å²) in [5.74, 6) is 0. The summed E-state index contributed by atoms with van der Waals surface area (Å²) in [6.07, 6.45) is 2.63. The number of para-hydroxylation sites is 1. The highest BCUT2D eigenvalue weighted by Crippen LogP contribution is 2.29. The fraction of sp³-hybridized carbons (Fsp3) is 0.385. The Kier molecular flexibility index (Phi) is 2.89. The molecule has 1 aliphatic heterocycles. The Bertz CT molecular complexity index is 438. The third-order valence-electron chi connectivity index (χ3n) is 3.05. The van der Waals surface area contributed by atoms with Gasteiger partial charge in [0.05, 0.1) is 5.03 Å². The summed E-state index contributed by atoms with van der Waals surface area (Å²) in [5.41, 5.74) is 1.24. The van der Waals surface area contributed by atoms with E-state index in [2.05, 4.69) is 40.6 Å². The van der Waals surface area contributed by atoms with Crippen LogP contribution in [0.2, 0.25) is 0 Å². The molecule has 3 heteroatoms. The van der Waals surface area contributed by atoms with Crippen LogP contribution in [0.15, 0.2) is 35.4 Å². The fourth-order valence-electron chi connectivity index (χ4n) is 2.21. The molecule has 1 aromatic carbocycles. The van der Waals surface area contributed by atoms with E-state index in [4.69, 9.17) is 0 Å². The Morgan fingerprint density at radius 3 is 3.00 bits per heavy atom. The van der Waals surface area contributed by atoms with E-state index < -0.39 is 0 Å². The molecule has 0 amide bonds. The first-order chi connectivity index (χ1) is 7.92. The lowest BCUT2D eigenvalue weighted by Crippen LogP contribution is -2.31. The summed E-state index contributed by atoms with van der Waals surface area (Å²) in [7, 11) is 0. The monoisotopic (exact) mass is 232 g/mol. The van der Waals surface area contributed by atoms with E-state index in [0.29, 0.717) is 0 Å². The molecule has 2 aromatic rings. The van der Waals surface area contributed by atoms with Crippen molar-refractivity contribution < 1.29 is 0 Å². The smallest absolute Gasteiger partial charge is 0.0735 e. The van der Waals surface area contributed by atoms with Gasteiger partial charge in [0.2, 0.25) is 0 Å². The second kappa shape index (κ2) is 4.52. The van der Waals surface area contributed by atoms with E-state index in [1.54, 1.807) is 0 Å². The number of hydrogen-bond acceptors (Lipinski definition) is 2. The van der Waals surface area contributed by atoms with Crippen molar-refractivity contribution in [3.05, 3.63) is 30.3 Å². The van der Waals surface area contributed by atoms with Crippen LogP contribution in [0.4, 0.5) is 0 Å². The van der Waals surface area contributed by atoms with Gasteiger partial charge in [-0.1, -0.05) is 18.2 Å². The zero-order valence-electron chi connectivity index (χ0n) is 9.20. The second-order valence-electron chi connectivity index (χ2n) is 4.31. The van der Waals surface area contributed by atoms with Crippen LogP contribution in [-0.4, -0.2) is 23.3 Å². The molecule has 1 saturated heterocycles. The van der Waals surface area contributed by atoms with E-state index in [1.165, 1.54) is 35.3 Å². The van der Waals surface area contributed by atoms with Crippen molar-refractivity contribution >= 4 is 22.7 Å². The Labute approximate surface area is 99.8 Å². The molecular weight excluding hydrogens is 216 g/mol. The lowest BCUT2D eigenvalue weighted by Gasteiger charge is -2.21. The first-order valence-corrected chi connectivity index (χ1v) is 6.75. The predicted molar refractivity (Wildman–Crippen MR) is 70.0 cm³/mol. The van der Waals surface area contributed by atoms with Gasteiger partial charge in [0.25, 0.3) is 0 Å². The summed E-state index contributed by atoms with van der Waals surface area (Å²) in [5, 5.41) is 6.79. The third-order valence-corrected chi connectivity index (χ3v) is 4.26. The molecule has 1 aliphatic rings. The number of piperidine rings is 1. The molecule has 1 fully saturated rings. The number of rotatable bonds is 2. The molecule has 1 atom stereocenters. The molecule has 0 saturated carbocycles. The van der Waals surface area contributed by atoms with Gasteiger partial charge in [-0.2, -0.15) is 0 Å². The second-order valence-corrected chi connectivity index (χ2v) is 5.65. The van der Waals surface area contributed by atoms with Gasteiger partial charge in [-0.15, -0.1) is 11.8 Å². The SMILES string of the molecule is c1ccc2[nH]c(SC3CCCNC3)cc2c1. The molecule has 2 heterocycles. The maximum absolute atomic E-state index is 3.48. The van der Waals surface area contributed by atoms with Crippen LogP contribution < -0.4 is 5.32 Å². The number of fused-ring (bicyclic) bond motifs is 1. The van der Waals surface area contributed by atoms with Crippen molar-refractivity contribution in [2.24, 2.45) is 0 Å². The van der Waals surface area contributed by atoms with Gasteiger partial charge in [-0.25, -0.2) is 0 Å². The molecule has 16 heavy (non-hydrogen) atoms. The van der Waals surface area contributed by atoms with Gasteiger partial charge < -0.3 is 10.3 Å². The quantitative estimate of drug-likeness (QED) is 0.833. The van der Waals surface area contributed by atoms with Crippen molar-refractivity contribution in [3.8, 4) is 0 Å². The number of hydrogen-bond donors (Lipinski definition) is 2. The molecule has 0 spiro atoms. The van der Waals surface area contributed by atoms with Gasteiger partial charge in [0, 0.05) is 22.7 Å². The maximum atomic E-state index is 3.48. The van der Waals surface area contributed by atoms with E-state index in [1.807, 2.05) is 11.8 Å². The lowest BCUT2D eigenvalue weighted by molar-refractivity contribution is 0.531. The summed E-state index contributed by atoms with van der Waals surface area (Å²) < 4.78 is 0. The van der Waals surface area contributed by atoms with E-state index >= 15 is 0 Å². The average Bonchev–Trinajstić information content (AvgIpc) is 2.72. The molecule has 0 aliphatic carbocycles. The molecule has 0 bridgehead atoms. The van der Waals surface area contributed by atoms with Crippen LogP contribution >= 0.6 is 11.8 Å². The van der Waals surface area contributed by atoms with Gasteiger partial charge in [0.15, 0.2) is 0 Å². The topological polar surface area (TPSA) is 27.8 Å². The molecule has 2 N–H and O–H groups in total. The number of thioether (sulfide) groups is 1. The zero-order chi connectivity index (χ0) is 10.8. The highest BCUT2D eigenvalue weighted by molar-refractivity contribution is 7.99. The minimum absolute atomic E-state index is 0.724. The minimum Gasteiger partial charge on any atom is -0.350 e. The van der Waals surface area contributed by atoms with Crippen LogP contribution in [0.3, 0.4) is 0 Å². The maximum Gasteiger partial charge on any atom is 0.0735 e. The molecule has 84 valence electrons. The van der Waals surface area contributed by atoms with E-state index in [-0.39, 0.29) is 0 Å². The minimum atomic E-state index is 0.724. The van der Waals surface area contributed by atoms with E-state index in [9.17, 15) is 0 Å². The lowest BCUT2D eigenvalue weighted by atomic mass is 10.2. The van der Waals surface area contributed by atoms with Crippen molar-refractivity contribution in [1.82, 2.24) is 10.3 Å². The summed E-state index contributed by atoms with van der Waals surface area (Å²) in [6, 6.07) is 10.7. The number of aromatic nitrogens is 1. The number of benzene rings is 1. The first kappa shape index (κ1) is 10.2. The highest BCUT2D eigenvalue weighted by atomic mass is 32.2. The van der Waals surface area contributed by atoms with Crippen LogP contribution in [0.5, 0.6) is 0 Å². The zero-order valence-corrected chi connectivity index (χ0v) is 10.0. The fourth-order valence-corrected chi connectivity index (χ4v) is 3.42. The normalized spacial score (nSPS) is 21.4. The van der Waals surface area contributed by atoms with Gasteiger partial charge >= 0.3 is 0 Å². The van der Waals surface area contributed by atoms with Crippen LogP contribution in [0, 0.1) is 0 Å². The van der Waals surface area contributed by atoms with Crippen LogP contribution in [-0.2, 0) is 0 Å². The number of H-pyrrole nitrogens is 1.